The molecule has 2 nitrogen and oxygen atoms in total. The molecule has 0 aliphatic heterocycles. The predicted molar refractivity (Wildman–Crippen MR) is 57.1 cm³/mol. The number of thioether (sulfide) groups is 1. The molecule has 0 unspecified atom stereocenters. The van der Waals surface area contributed by atoms with Crippen LogP contribution in [0.15, 0.2) is 23.2 Å². The van der Waals surface area contributed by atoms with Gasteiger partial charge in [-0.3, -0.25) is 0 Å². The number of hydrogen-bond donors (Lipinski definition) is 0. The topological polar surface area (TPSA) is 36.7 Å². The zero-order valence-electron chi connectivity index (χ0n) is 7.94. The molecule has 1 heterocycles. The molecule has 1 aromatic heterocycles. The minimum atomic E-state index is 0.521. The molecule has 0 aromatic carbocycles. The number of aromatic nitrogens is 1. The first-order valence-corrected chi connectivity index (χ1v) is 5.80. The molecular weight excluding hydrogens is 192 g/mol. The minimum absolute atomic E-state index is 0.521. The minimum Gasteiger partial charge on any atom is -0.231 e. The van der Waals surface area contributed by atoms with Crippen molar-refractivity contribution in [3.05, 3.63) is 23.9 Å². The van der Waals surface area contributed by atoms with E-state index in [-0.39, 0.29) is 0 Å². The first-order chi connectivity index (χ1) is 6.88. The first kappa shape index (κ1) is 9.54. The van der Waals surface area contributed by atoms with E-state index in [0.717, 1.165) is 10.3 Å². The summed E-state index contributed by atoms with van der Waals surface area (Å²) in [6, 6.07) is 7.71. The molecule has 0 bridgehead atoms. The van der Waals surface area contributed by atoms with Crippen LogP contribution in [0.4, 0.5) is 0 Å². The lowest BCUT2D eigenvalue weighted by atomic mass is 10.4. The van der Waals surface area contributed by atoms with Gasteiger partial charge in [0.2, 0.25) is 0 Å². The van der Waals surface area contributed by atoms with Gasteiger partial charge >= 0.3 is 0 Å². The molecule has 0 saturated heterocycles. The van der Waals surface area contributed by atoms with Crippen molar-refractivity contribution in [1.82, 2.24) is 4.98 Å². The molecule has 1 aromatic rings. The molecule has 14 heavy (non-hydrogen) atoms. The van der Waals surface area contributed by atoms with Crippen molar-refractivity contribution in [2.75, 3.05) is 0 Å². The fourth-order valence-corrected chi connectivity index (χ4v) is 2.94. The summed E-state index contributed by atoms with van der Waals surface area (Å²) in [5.74, 6) is 0. The number of rotatable bonds is 2. The fourth-order valence-electron chi connectivity index (χ4n) is 1.72. The summed E-state index contributed by atoms with van der Waals surface area (Å²) in [5.41, 5.74) is 0.521. The maximum Gasteiger partial charge on any atom is 0.141 e. The van der Waals surface area contributed by atoms with E-state index in [1.54, 1.807) is 6.07 Å². The standard InChI is InChI=1S/C11H12N2S/c12-8-9-4-3-7-11(13-9)14-10-5-1-2-6-10/h3-4,7,10H,1-2,5-6H2. The number of hydrogen-bond acceptors (Lipinski definition) is 3. The molecular formula is C11H12N2S. The van der Waals surface area contributed by atoms with E-state index < -0.39 is 0 Å². The summed E-state index contributed by atoms with van der Waals surface area (Å²) in [6.07, 6.45) is 5.28. The average Bonchev–Trinajstić information content (AvgIpc) is 2.71. The summed E-state index contributed by atoms with van der Waals surface area (Å²) < 4.78 is 0. The van der Waals surface area contributed by atoms with Crippen molar-refractivity contribution in [3.63, 3.8) is 0 Å². The molecule has 1 aliphatic carbocycles. The number of nitriles is 1. The van der Waals surface area contributed by atoms with Crippen molar-refractivity contribution in [2.24, 2.45) is 0 Å². The van der Waals surface area contributed by atoms with E-state index in [4.69, 9.17) is 5.26 Å². The van der Waals surface area contributed by atoms with E-state index in [0.29, 0.717) is 5.69 Å². The third-order valence-electron chi connectivity index (χ3n) is 2.43. The molecule has 0 amide bonds. The van der Waals surface area contributed by atoms with Crippen molar-refractivity contribution < 1.29 is 0 Å². The Bertz CT molecular complexity index is 351. The SMILES string of the molecule is N#Cc1cccc(SC2CCCC2)n1. The highest BCUT2D eigenvalue weighted by Crippen LogP contribution is 2.33. The van der Waals surface area contributed by atoms with E-state index in [9.17, 15) is 0 Å². The quantitative estimate of drug-likeness (QED) is 0.743. The molecule has 1 saturated carbocycles. The van der Waals surface area contributed by atoms with Crippen LogP contribution in [0.5, 0.6) is 0 Å². The monoisotopic (exact) mass is 204 g/mol. The van der Waals surface area contributed by atoms with Crippen molar-refractivity contribution in [3.8, 4) is 6.07 Å². The predicted octanol–water partition coefficient (Wildman–Crippen LogP) is 2.99. The molecule has 0 atom stereocenters. The lowest BCUT2D eigenvalue weighted by molar-refractivity contribution is 0.886. The van der Waals surface area contributed by atoms with Crippen LogP contribution in [-0.2, 0) is 0 Å². The van der Waals surface area contributed by atoms with Crippen molar-refractivity contribution >= 4 is 11.8 Å². The van der Waals surface area contributed by atoms with Gasteiger partial charge in [-0.1, -0.05) is 18.9 Å². The van der Waals surface area contributed by atoms with Gasteiger partial charge in [-0.25, -0.2) is 4.98 Å². The van der Waals surface area contributed by atoms with Gasteiger partial charge in [0.05, 0.1) is 5.03 Å². The molecule has 0 N–H and O–H groups in total. The van der Waals surface area contributed by atoms with Gasteiger partial charge in [-0.05, 0) is 25.0 Å². The van der Waals surface area contributed by atoms with Gasteiger partial charge in [-0.15, -0.1) is 11.8 Å². The van der Waals surface area contributed by atoms with Gasteiger partial charge in [0.1, 0.15) is 11.8 Å². The normalized spacial score (nSPS) is 16.8. The van der Waals surface area contributed by atoms with Crippen LogP contribution in [-0.4, -0.2) is 10.2 Å². The summed E-state index contributed by atoms with van der Waals surface area (Å²) in [5, 5.41) is 10.4. The van der Waals surface area contributed by atoms with Gasteiger partial charge in [0, 0.05) is 5.25 Å². The van der Waals surface area contributed by atoms with Crippen molar-refractivity contribution in [1.29, 1.82) is 5.26 Å². The molecule has 0 radical (unpaired) electrons. The Morgan fingerprint density at radius 1 is 1.36 bits per heavy atom. The lowest BCUT2D eigenvalue weighted by Gasteiger charge is -2.06. The van der Waals surface area contributed by atoms with Crippen LogP contribution in [0.1, 0.15) is 31.4 Å². The Morgan fingerprint density at radius 3 is 2.86 bits per heavy atom. The maximum absolute atomic E-state index is 8.70. The summed E-state index contributed by atoms with van der Waals surface area (Å²) in [7, 11) is 0. The summed E-state index contributed by atoms with van der Waals surface area (Å²) in [4.78, 5) is 4.26. The third-order valence-corrected chi connectivity index (χ3v) is 3.70. The highest BCUT2D eigenvalue weighted by Gasteiger charge is 2.16. The second-order valence-corrected chi connectivity index (χ2v) is 4.82. The maximum atomic E-state index is 8.70. The Kier molecular flexibility index (Phi) is 3.05. The van der Waals surface area contributed by atoms with Crippen LogP contribution >= 0.6 is 11.8 Å². The zero-order chi connectivity index (χ0) is 9.80. The second kappa shape index (κ2) is 4.47. The van der Waals surface area contributed by atoms with Crippen LogP contribution in [0.25, 0.3) is 0 Å². The zero-order valence-corrected chi connectivity index (χ0v) is 8.76. The van der Waals surface area contributed by atoms with Crippen molar-refractivity contribution in [2.45, 2.75) is 36.0 Å². The van der Waals surface area contributed by atoms with E-state index in [1.165, 1.54) is 25.7 Å². The van der Waals surface area contributed by atoms with Gasteiger partial charge in [-0.2, -0.15) is 5.26 Å². The molecule has 1 fully saturated rings. The Hall–Kier alpha value is -1.01. The fraction of sp³-hybridized carbons (Fsp3) is 0.455. The Balaban J connectivity index is 2.05. The summed E-state index contributed by atoms with van der Waals surface area (Å²) >= 11 is 1.82. The van der Waals surface area contributed by atoms with Crippen LogP contribution in [0, 0.1) is 11.3 Å². The highest BCUT2D eigenvalue weighted by molar-refractivity contribution is 7.99. The third kappa shape index (κ3) is 2.27. The molecule has 1 aliphatic rings. The Labute approximate surface area is 88.4 Å². The molecule has 2 rings (SSSR count). The van der Waals surface area contributed by atoms with Crippen LogP contribution < -0.4 is 0 Å². The molecule has 0 spiro atoms. The van der Waals surface area contributed by atoms with Crippen LogP contribution in [0.3, 0.4) is 0 Å². The van der Waals surface area contributed by atoms with Gasteiger partial charge < -0.3 is 0 Å². The van der Waals surface area contributed by atoms with Gasteiger partial charge in [0.25, 0.3) is 0 Å². The van der Waals surface area contributed by atoms with Crippen LogP contribution in [0.2, 0.25) is 0 Å². The summed E-state index contributed by atoms with van der Waals surface area (Å²) in [6.45, 7) is 0. The van der Waals surface area contributed by atoms with E-state index in [2.05, 4.69) is 11.1 Å². The van der Waals surface area contributed by atoms with Gasteiger partial charge in [0.15, 0.2) is 0 Å². The first-order valence-electron chi connectivity index (χ1n) is 4.92. The number of nitrogens with zero attached hydrogens (tertiary/aromatic N) is 2. The smallest absolute Gasteiger partial charge is 0.141 e. The average molecular weight is 204 g/mol. The largest absolute Gasteiger partial charge is 0.231 e. The van der Waals surface area contributed by atoms with E-state index >= 15 is 0 Å². The molecule has 3 heteroatoms. The second-order valence-electron chi connectivity index (χ2n) is 3.50. The molecule has 72 valence electrons. The van der Waals surface area contributed by atoms with E-state index in [1.807, 2.05) is 23.9 Å². The highest BCUT2D eigenvalue weighted by atomic mass is 32.2. The number of pyridine rings is 1. The lowest BCUT2D eigenvalue weighted by Crippen LogP contribution is -1.95. The Morgan fingerprint density at radius 2 is 2.14 bits per heavy atom.